The largest absolute Gasteiger partial charge is 0.444 e. The fourth-order valence-corrected chi connectivity index (χ4v) is 4.69. The summed E-state index contributed by atoms with van der Waals surface area (Å²) >= 11 is 0. The van der Waals surface area contributed by atoms with Gasteiger partial charge in [-0.15, -0.1) is 0 Å². The second-order valence-electron chi connectivity index (χ2n) is 9.06. The van der Waals surface area contributed by atoms with Gasteiger partial charge in [0.1, 0.15) is 5.60 Å². The Morgan fingerprint density at radius 1 is 1.22 bits per heavy atom. The molecular formula is C22H32N2O3. The minimum atomic E-state index is -0.470. The van der Waals surface area contributed by atoms with E-state index < -0.39 is 5.60 Å². The molecule has 0 radical (unpaired) electrons. The van der Waals surface area contributed by atoms with Crippen molar-refractivity contribution < 1.29 is 14.3 Å². The average Bonchev–Trinajstić information content (AvgIpc) is 2.61. The highest BCUT2D eigenvalue weighted by Crippen LogP contribution is 2.47. The Kier molecular flexibility index (Phi) is 5.50. The lowest BCUT2D eigenvalue weighted by molar-refractivity contribution is -0.121. The van der Waals surface area contributed by atoms with Crippen LogP contribution in [0.2, 0.25) is 0 Å². The smallest absolute Gasteiger partial charge is 0.410 e. The van der Waals surface area contributed by atoms with E-state index in [2.05, 4.69) is 29.6 Å². The molecule has 1 saturated heterocycles. The molecule has 1 fully saturated rings. The van der Waals surface area contributed by atoms with Crippen molar-refractivity contribution in [2.24, 2.45) is 5.92 Å². The van der Waals surface area contributed by atoms with Crippen LogP contribution in [0.25, 0.3) is 0 Å². The fourth-order valence-electron chi connectivity index (χ4n) is 4.69. The van der Waals surface area contributed by atoms with Crippen molar-refractivity contribution in [3.8, 4) is 0 Å². The van der Waals surface area contributed by atoms with Gasteiger partial charge in [-0.2, -0.15) is 0 Å². The van der Waals surface area contributed by atoms with Gasteiger partial charge >= 0.3 is 6.09 Å². The van der Waals surface area contributed by atoms with Crippen molar-refractivity contribution >= 4 is 12.0 Å². The first-order valence-corrected chi connectivity index (χ1v) is 9.99. The van der Waals surface area contributed by atoms with Gasteiger partial charge in [-0.3, -0.25) is 4.79 Å². The molecule has 1 N–H and O–H groups in total. The molecule has 1 heterocycles. The molecule has 0 aromatic heterocycles. The molecule has 1 atom stereocenters. The standard InChI is InChI=1S/C22H32N2O3/c1-21(2,3)27-20(26)24-11-9-22(10-12-24)15-16(14-19(25)23-4)13-17-7-5-6-8-18(17)22/h5-8,16H,9-15H2,1-4H3,(H,23,25)/t16-/m0/s1. The summed E-state index contributed by atoms with van der Waals surface area (Å²) in [5.74, 6) is 0.466. The van der Waals surface area contributed by atoms with E-state index in [1.807, 2.05) is 25.7 Å². The molecule has 1 spiro atoms. The predicted molar refractivity (Wildman–Crippen MR) is 106 cm³/mol. The number of carbonyl (C=O) groups is 2. The number of fused-ring (bicyclic) bond motifs is 2. The minimum absolute atomic E-state index is 0.0616. The summed E-state index contributed by atoms with van der Waals surface area (Å²) in [7, 11) is 1.70. The molecule has 5 heteroatoms. The molecular weight excluding hydrogens is 340 g/mol. The van der Waals surface area contributed by atoms with Crippen LogP contribution in [0.1, 0.15) is 57.6 Å². The Morgan fingerprint density at radius 3 is 2.52 bits per heavy atom. The Balaban J connectivity index is 1.76. The molecule has 2 aliphatic rings. The van der Waals surface area contributed by atoms with E-state index in [4.69, 9.17) is 4.74 Å². The number of hydrogen-bond donors (Lipinski definition) is 1. The van der Waals surface area contributed by atoms with Gasteiger partial charge in [0.25, 0.3) is 0 Å². The Labute approximate surface area is 162 Å². The summed E-state index contributed by atoms with van der Waals surface area (Å²) in [6.07, 6.45) is 4.17. The Morgan fingerprint density at radius 2 is 1.89 bits per heavy atom. The summed E-state index contributed by atoms with van der Waals surface area (Å²) in [4.78, 5) is 26.2. The molecule has 1 aromatic rings. The van der Waals surface area contributed by atoms with Crippen molar-refractivity contribution in [2.45, 2.75) is 63.9 Å². The van der Waals surface area contributed by atoms with E-state index in [0.717, 1.165) is 25.7 Å². The Bertz CT molecular complexity index is 700. The number of nitrogens with one attached hydrogen (secondary N) is 1. The van der Waals surface area contributed by atoms with Gasteiger partial charge < -0.3 is 15.0 Å². The van der Waals surface area contributed by atoms with Crippen LogP contribution in [0, 0.1) is 5.92 Å². The molecule has 0 saturated carbocycles. The third-order valence-electron chi connectivity index (χ3n) is 5.90. The van der Waals surface area contributed by atoms with E-state index >= 15 is 0 Å². The monoisotopic (exact) mass is 372 g/mol. The average molecular weight is 373 g/mol. The lowest BCUT2D eigenvalue weighted by atomic mass is 9.61. The highest BCUT2D eigenvalue weighted by molar-refractivity contribution is 5.76. The normalized spacial score (nSPS) is 21.5. The van der Waals surface area contributed by atoms with Gasteiger partial charge in [-0.25, -0.2) is 4.79 Å². The zero-order valence-electron chi connectivity index (χ0n) is 17.0. The van der Waals surface area contributed by atoms with Gasteiger partial charge in [0.05, 0.1) is 0 Å². The second-order valence-corrected chi connectivity index (χ2v) is 9.06. The van der Waals surface area contributed by atoms with Crippen molar-refractivity contribution in [2.75, 3.05) is 20.1 Å². The van der Waals surface area contributed by atoms with Crippen LogP contribution in [0.15, 0.2) is 24.3 Å². The summed E-state index contributed by atoms with van der Waals surface area (Å²) in [6.45, 7) is 7.11. The number of benzene rings is 1. The highest BCUT2D eigenvalue weighted by Gasteiger charge is 2.43. The van der Waals surface area contributed by atoms with Crippen LogP contribution >= 0.6 is 0 Å². The van der Waals surface area contributed by atoms with Crippen LogP contribution in [0.4, 0.5) is 4.79 Å². The number of nitrogens with zero attached hydrogens (tertiary/aromatic N) is 1. The molecule has 1 aliphatic heterocycles. The van der Waals surface area contributed by atoms with E-state index in [9.17, 15) is 9.59 Å². The number of hydrogen-bond acceptors (Lipinski definition) is 3. The van der Waals surface area contributed by atoms with Crippen LogP contribution in [-0.2, 0) is 21.4 Å². The topological polar surface area (TPSA) is 58.6 Å². The first-order chi connectivity index (χ1) is 12.7. The van der Waals surface area contributed by atoms with Gasteiger partial charge in [-0.1, -0.05) is 24.3 Å². The zero-order chi connectivity index (χ0) is 19.7. The number of likely N-dealkylation sites (tertiary alicyclic amines) is 1. The molecule has 3 rings (SSSR count). The quantitative estimate of drug-likeness (QED) is 0.862. The molecule has 0 bridgehead atoms. The lowest BCUT2D eigenvalue weighted by Crippen LogP contribution is -2.49. The van der Waals surface area contributed by atoms with E-state index in [1.54, 1.807) is 7.05 Å². The van der Waals surface area contributed by atoms with Crippen LogP contribution in [-0.4, -0.2) is 42.6 Å². The van der Waals surface area contributed by atoms with E-state index in [0.29, 0.717) is 25.4 Å². The van der Waals surface area contributed by atoms with Gasteiger partial charge in [0.2, 0.25) is 5.91 Å². The predicted octanol–water partition coefficient (Wildman–Crippen LogP) is 3.65. The fraction of sp³-hybridized carbons (Fsp3) is 0.636. The van der Waals surface area contributed by atoms with Gasteiger partial charge in [0, 0.05) is 26.6 Å². The Hall–Kier alpha value is -2.04. The second kappa shape index (κ2) is 7.53. The van der Waals surface area contributed by atoms with Crippen molar-refractivity contribution in [1.82, 2.24) is 10.2 Å². The first-order valence-electron chi connectivity index (χ1n) is 9.99. The minimum Gasteiger partial charge on any atom is -0.444 e. The van der Waals surface area contributed by atoms with Crippen molar-refractivity contribution in [3.63, 3.8) is 0 Å². The number of ether oxygens (including phenoxy) is 1. The van der Waals surface area contributed by atoms with E-state index in [-0.39, 0.29) is 17.4 Å². The highest BCUT2D eigenvalue weighted by atomic mass is 16.6. The maximum Gasteiger partial charge on any atom is 0.410 e. The summed E-state index contributed by atoms with van der Waals surface area (Å²) < 4.78 is 5.54. The summed E-state index contributed by atoms with van der Waals surface area (Å²) in [5, 5.41) is 2.76. The molecule has 27 heavy (non-hydrogen) atoms. The maximum absolute atomic E-state index is 12.4. The lowest BCUT2D eigenvalue weighted by Gasteiger charge is -2.47. The summed E-state index contributed by atoms with van der Waals surface area (Å²) in [5.41, 5.74) is 2.37. The molecule has 0 unspecified atom stereocenters. The molecule has 1 aromatic carbocycles. The third-order valence-corrected chi connectivity index (χ3v) is 5.90. The number of piperidine rings is 1. The van der Waals surface area contributed by atoms with Crippen LogP contribution in [0.3, 0.4) is 0 Å². The van der Waals surface area contributed by atoms with Crippen molar-refractivity contribution in [1.29, 1.82) is 0 Å². The SMILES string of the molecule is CNC(=O)C[C@@H]1Cc2ccccc2C2(CCN(C(=O)OC(C)(C)C)CC2)C1. The van der Waals surface area contributed by atoms with E-state index in [1.165, 1.54) is 11.1 Å². The molecule has 148 valence electrons. The number of amides is 2. The number of carbonyl (C=O) groups excluding carboxylic acids is 2. The first kappa shape index (κ1) is 19.7. The zero-order valence-corrected chi connectivity index (χ0v) is 17.0. The summed E-state index contributed by atoms with van der Waals surface area (Å²) in [6, 6.07) is 8.65. The maximum atomic E-state index is 12.4. The van der Waals surface area contributed by atoms with Gasteiger partial charge in [-0.05, 0) is 68.9 Å². The molecule has 5 nitrogen and oxygen atoms in total. The molecule has 2 amide bonds. The van der Waals surface area contributed by atoms with Crippen molar-refractivity contribution in [3.05, 3.63) is 35.4 Å². The molecule has 1 aliphatic carbocycles. The van der Waals surface area contributed by atoms with Crippen LogP contribution in [0.5, 0.6) is 0 Å². The van der Waals surface area contributed by atoms with Gasteiger partial charge in [0.15, 0.2) is 0 Å². The third kappa shape index (κ3) is 4.45. The van der Waals surface area contributed by atoms with Crippen LogP contribution < -0.4 is 5.32 Å². The number of rotatable bonds is 2.